The zero-order valence-electron chi connectivity index (χ0n) is 15.3. The first kappa shape index (κ1) is 20.1. The topological polar surface area (TPSA) is 61.0 Å². The van der Waals surface area contributed by atoms with Crippen molar-refractivity contribution in [2.75, 3.05) is 0 Å². The smallest absolute Gasteiger partial charge is 0.363 e. The van der Waals surface area contributed by atoms with Crippen LogP contribution >= 0.6 is 45.2 Å². The van der Waals surface area contributed by atoms with E-state index in [1.807, 2.05) is 24.3 Å². The van der Waals surface area contributed by atoms with Gasteiger partial charge in [-0.2, -0.15) is 0 Å². The molecular weight excluding hydrogens is 596 g/mol. The lowest BCUT2D eigenvalue weighted by Crippen LogP contribution is -2.04. The molecule has 1 aromatic heterocycles. The molecule has 0 spiro atoms. The molecule has 0 aliphatic carbocycles. The summed E-state index contributed by atoms with van der Waals surface area (Å²) in [7, 11) is 0. The number of furan rings is 1. The van der Waals surface area contributed by atoms with Crippen LogP contribution in [0.1, 0.15) is 22.5 Å². The van der Waals surface area contributed by atoms with Gasteiger partial charge in [-0.05, 0) is 93.6 Å². The van der Waals surface area contributed by atoms with Crippen LogP contribution in [0.4, 0.5) is 0 Å². The highest BCUT2D eigenvalue weighted by Crippen LogP contribution is 2.31. The molecule has 1 aliphatic heterocycles. The third-order valence-corrected chi connectivity index (χ3v) is 5.74. The summed E-state index contributed by atoms with van der Waals surface area (Å²) in [5.41, 5.74) is 3.40. The molecule has 0 unspecified atom stereocenters. The van der Waals surface area contributed by atoms with Crippen molar-refractivity contribution in [3.63, 3.8) is 0 Å². The minimum absolute atomic E-state index is 0.175. The number of carbonyl (C=O) groups excluding carboxylic acids is 1. The predicted octanol–water partition coefficient (Wildman–Crippen LogP) is 5.72. The Balaban J connectivity index is 1.55. The standard InChI is InChI=1S/C22H15I2NO4/c1-13-4-2-5-14(8-13)12-28-20-16(23)9-15(10-17(20)24)11-18-22(26)29-21(25-18)19-6-3-7-27-19/h2-11H,12H2,1H3/b18-11-. The van der Waals surface area contributed by atoms with Crippen LogP contribution in [0, 0.1) is 14.1 Å². The lowest BCUT2D eigenvalue weighted by Gasteiger charge is -2.12. The summed E-state index contributed by atoms with van der Waals surface area (Å²) in [6, 6.07) is 15.6. The van der Waals surface area contributed by atoms with Crippen LogP contribution in [0.15, 0.2) is 69.9 Å². The molecule has 7 heteroatoms. The number of benzene rings is 2. The Hall–Kier alpha value is -2.14. The van der Waals surface area contributed by atoms with Gasteiger partial charge in [-0.1, -0.05) is 29.8 Å². The lowest BCUT2D eigenvalue weighted by molar-refractivity contribution is -0.130. The first-order valence-electron chi connectivity index (χ1n) is 8.73. The Morgan fingerprint density at radius 1 is 1.10 bits per heavy atom. The van der Waals surface area contributed by atoms with Crippen molar-refractivity contribution in [3.05, 3.63) is 90.1 Å². The largest absolute Gasteiger partial charge is 0.487 e. The van der Waals surface area contributed by atoms with Crippen molar-refractivity contribution in [2.45, 2.75) is 13.5 Å². The number of hydrogen-bond donors (Lipinski definition) is 0. The lowest BCUT2D eigenvalue weighted by atomic mass is 10.1. The second-order valence-corrected chi connectivity index (χ2v) is 8.73. The van der Waals surface area contributed by atoms with Crippen LogP contribution in [0.3, 0.4) is 0 Å². The number of hydrogen-bond acceptors (Lipinski definition) is 5. The highest BCUT2D eigenvalue weighted by molar-refractivity contribution is 14.1. The van der Waals surface area contributed by atoms with E-state index < -0.39 is 5.97 Å². The quantitative estimate of drug-likeness (QED) is 0.211. The summed E-state index contributed by atoms with van der Waals surface area (Å²) in [5.74, 6) is 0.921. The molecule has 0 fully saturated rings. The molecule has 2 heterocycles. The molecule has 29 heavy (non-hydrogen) atoms. The average molecular weight is 611 g/mol. The second kappa shape index (κ2) is 8.70. The van der Waals surface area contributed by atoms with Gasteiger partial charge in [-0.3, -0.25) is 0 Å². The fourth-order valence-corrected chi connectivity index (χ4v) is 4.96. The van der Waals surface area contributed by atoms with Gasteiger partial charge < -0.3 is 13.9 Å². The number of nitrogens with zero attached hydrogens (tertiary/aromatic N) is 1. The van der Waals surface area contributed by atoms with Gasteiger partial charge in [0.1, 0.15) is 12.4 Å². The SMILES string of the molecule is Cc1cccc(COc2c(I)cc(/C=C3\N=C(c4ccco4)OC3=O)cc2I)c1. The molecule has 2 aromatic carbocycles. The van der Waals surface area contributed by atoms with Gasteiger partial charge in [0, 0.05) is 0 Å². The van der Waals surface area contributed by atoms with Crippen LogP contribution in [0.5, 0.6) is 5.75 Å². The van der Waals surface area contributed by atoms with E-state index in [1.54, 1.807) is 18.2 Å². The maximum absolute atomic E-state index is 12.1. The number of halogens is 2. The average Bonchev–Trinajstić information content (AvgIpc) is 3.32. The summed E-state index contributed by atoms with van der Waals surface area (Å²) in [4.78, 5) is 16.4. The molecule has 3 aromatic rings. The van der Waals surface area contributed by atoms with Gasteiger partial charge in [-0.15, -0.1) is 0 Å². The van der Waals surface area contributed by atoms with Gasteiger partial charge >= 0.3 is 5.97 Å². The Labute approximate surface area is 195 Å². The molecular formula is C22H15I2NO4. The number of esters is 1. The van der Waals surface area contributed by atoms with E-state index in [0.717, 1.165) is 24.0 Å². The highest BCUT2D eigenvalue weighted by Gasteiger charge is 2.26. The van der Waals surface area contributed by atoms with E-state index in [0.29, 0.717) is 12.4 Å². The number of rotatable bonds is 5. The minimum Gasteiger partial charge on any atom is -0.487 e. The molecule has 0 bridgehead atoms. The third kappa shape index (κ3) is 4.72. The number of cyclic esters (lactones) is 1. The molecule has 0 saturated carbocycles. The van der Waals surface area contributed by atoms with E-state index >= 15 is 0 Å². The summed E-state index contributed by atoms with van der Waals surface area (Å²) in [6.45, 7) is 2.56. The second-order valence-electron chi connectivity index (χ2n) is 6.40. The molecule has 5 nitrogen and oxygen atoms in total. The number of aliphatic imine (C=N–C) groups is 1. The molecule has 4 rings (SSSR count). The summed E-state index contributed by atoms with van der Waals surface area (Å²) in [6.07, 6.45) is 3.21. The van der Waals surface area contributed by atoms with Crippen molar-refractivity contribution in [1.82, 2.24) is 0 Å². The molecule has 0 radical (unpaired) electrons. The van der Waals surface area contributed by atoms with Crippen molar-refractivity contribution in [2.24, 2.45) is 4.99 Å². The number of aryl methyl sites for hydroxylation is 1. The van der Waals surface area contributed by atoms with Crippen LogP contribution in [-0.4, -0.2) is 11.9 Å². The number of ether oxygens (including phenoxy) is 2. The van der Waals surface area contributed by atoms with E-state index in [-0.39, 0.29) is 11.6 Å². The maximum Gasteiger partial charge on any atom is 0.363 e. The molecule has 0 amide bonds. The normalized spacial score (nSPS) is 14.8. The zero-order chi connectivity index (χ0) is 20.4. The van der Waals surface area contributed by atoms with E-state index in [1.165, 1.54) is 11.8 Å². The summed E-state index contributed by atoms with van der Waals surface area (Å²) >= 11 is 4.48. The minimum atomic E-state index is -0.499. The molecule has 0 atom stereocenters. The van der Waals surface area contributed by atoms with Crippen LogP contribution in [0.2, 0.25) is 0 Å². The molecule has 146 valence electrons. The van der Waals surface area contributed by atoms with Crippen molar-refractivity contribution in [1.29, 1.82) is 0 Å². The van der Waals surface area contributed by atoms with E-state index in [2.05, 4.69) is 69.2 Å². The Morgan fingerprint density at radius 2 is 1.90 bits per heavy atom. The van der Waals surface area contributed by atoms with Crippen LogP contribution in [-0.2, 0) is 16.1 Å². The fourth-order valence-electron chi connectivity index (χ4n) is 2.83. The summed E-state index contributed by atoms with van der Waals surface area (Å²) in [5, 5.41) is 0. The Kier molecular flexibility index (Phi) is 6.04. The molecule has 1 aliphatic rings. The first-order chi connectivity index (χ1) is 14.0. The highest BCUT2D eigenvalue weighted by atomic mass is 127. The zero-order valence-corrected chi connectivity index (χ0v) is 19.6. The van der Waals surface area contributed by atoms with Gasteiger partial charge in [0.15, 0.2) is 11.5 Å². The Morgan fingerprint density at radius 3 is 2.59 bits per heavy atom. The van der Waals surface area contributed by atoms with Crippen molar-refractivity contribution >= 4 is 63.1 Å². The van der Waals surface area contributed by atoms with Crippen molar-refractivity contribution < 1.29 is 18.7 Å². The van der Waals surface area contributed by atoms with Gasteiger partial charge in [0.25, 0.3) is 5.90 Å². The van der Waals surface area contributed by atoms with Crippen molar-refractivity contribution in [3.8, 4) is 5.75 Å². The molecule has 0 saturated heterocycles. The molecule has 0 N–H and O–H groups in total. The van der Waals surface area contributed by atoms with Gasteiger partial charge in [0.2, 0.25) is 0 Å². The van der Waals surface area contributed by atoms with Crippen LogP contribution < -0.4 is 4.74 Å². The van der Waals surface area contributed by atoms with Crippen LogP contribution in [0.25, 0.3) is 6.08 Å². The predicted molar refractivity (Wildman–Crippen MR) is 127 cm³/mol. The monoisotopic (exact) mass is 611 g/mol. The maximum atomic E-state index is 12.1. The first-order valence-corrected chi connectivity index (χ1v) is 10.9. The van der Waals surface area contributed by atoms with E-state index in [4.69, 9.17) is 13.9 Å². The van der Waals surface area contributed by atoms with E-state index in [9.17, 15) is 4.79 Å². The van der Waals surface area contributed by atoms with Gasteiger partial charge in [0.05, 0.1) is 13.4 Å². The van der Waals surface area contributed by atoms with Gasteiger partial charge in [-0.25, -0.2) is 9.79 Å². The fraction of sp³-hybridized carbons (Fsp3) is 0.0909. The third-order valence-electron chi connectivity index (χ3n) is 4.14. The summed E-state index contributed by atoms with van der Waals surface area (Å²) < 4.78 is 18.4. The Bertz CT molecular complexity index is 1110. The number of carbonyl (C=O) groups is 1.